The number of aryl methyl sites for hydroxylation is 1. The molecule has 2 unspecified atom stereocenters. The van der Waals surface area contributed by atoms with Gasteiger partial charge in [0.2, 0.25) is 0 Å². The van der Waals surface area contributed by atoms with Gasteiger partial charge in [0.05, 0.1) is 12.2 Å². The quantitative estimate of drug-likeness (QED) is 0.803. The molecule has 1 amide bonds. The Morgan fingerprint density at radius 1 is 1.39 bits per heavy atom. The highest BCUT2D eigenvalue weighted by Gasteiger charge is 2.35. The molecule has 3 rings (SSSR count). The number of nitrogen functional groups attached to an aromatic ring is 1. The average molecular weight is 247 g/mol. The lowest BCUT2D eigenvalue weighted by Gasteiger charge is -2.32. The van der Waals surface area contributed by atoms with Gasteiger partial charge in [0.25, 0.3) is 5.91 Å². The van der Waals surface area contributed by atoms with Crippen molar-refractivity contribution in [3.63, 3.8) is 0 Å². The minimum absolute atomic E-state index is 0.0346. The second-order valence-corrected chi connectivity index (χ2v) is 5.09. The number of pyridine rings is 1. The van der Waals surface area contributed by atoms with Gasteiger partial charge >= 0.3 is 0 Å². The molecule has 5 heteroatoms. The topological polar surface area (TPSA) is 68.5 Å². The van der Waals surface area contributed by atoms with Crippen LogP contribution in [0.4, 0.5) is 5.82 Å². The number of hydrogen-bond donors (Lipinski definition) is 1. The second kappa shape index (κ2) is 4.24. The molecule has 2 bridgehead atoms. The zero-order chi connectivity index (χ0) is 12.7. The van der Waals surface area contributed by atoms with E-state index in [4.69, 9.17) is 10.5 Å². The lowest BCUT2D eigenvalue weighted by molar-refractivity contribution is -0.0303. The maximum atomic E-state index is 12.4. The van der Waals surface area contributed by atoms with Crippen LogP contribution < -0.4 is 5.73 Å². The summed E-state index contributed by atoms with van der Waals surface area (Å²) >= 11 is 0. The summed E-state index contributed by atoms with van der Waals surface area (Å²) in [6.07, 6.45) is 2.55. The predicted octanol–water partition coefficient (Wildman–Crippen LogP) is 0.976. The van der Waals surface area contributed by atoms with Gasteiger partial charge in [0.1, 0.15) is 5.82 Å². The first-order valence-electron chi connectivity index (χ1n) is 6.31. The van der Waals surface area contributed by atoms with Gasteiger partial charge in [-0.3, -0.25) is 4.79 Å². The maximum absolute atomic E-state index is 12.4. The smallest absolute Gasteiger partial charge is 0.254 e. The van der Waals surface area contributed by atoms with Crippen molar-refractivity contribution in [3.8, 4) is 0 Å². The first-order chi connectivity index (χ1) is 8.61. The van der Waals surface area contributed by atoms with Crippen LogP contribution in [0.5, 0.6) is 0 Å². The summed E-state index contributed by atoms with van der Waals surface area (Å²) < 4.78 is 5.73. The molecule has 0 spiro atoms. The summed E-state index contributed by atoms with van der Waals surface area (Å²) in [5.74, 6) is 0.432. The van der Waals surface area contributed by atoms with E-state index >= 15 is 0 Å². The molecule has 0 radical (unpaired) electrons. The molecule has 2 aliphatic rings. The summed E-state index contributed by atoms with van der Waals surface area (Å²) in [7, 11) is 0. The van der Waals surface area contributed by atoms with E-state index in [2.05, 4.69) is 4.98 Å². The Balaban J connectivity index is 1.81. The lowest BCUT2D eigenvalue weighted by atomic mass is 10.1. The molecule has 1 aromatic rings. The number of fused-ring (bicyclic) bond motifs is 2. The zero-order valence-electron chi connectivity index (χ0n) is 10.4. The van der Waals surface area contributed by atoms with Gasteiger partial charge in [-0.05, 0) is 31.9 Å². The molecule has 2 aliphatic heterocycles. The van der Waals surface area contributed by atoms with E-state index in [1.165, 1.54) is 0 Å². The summed E-state index contributed by atoms with van der Waals surface area (Å²) in [6, 6.07) is 3.43. The standard InChI is InChI=1S/C13H17N3O2/c1-8-4-9(5-12(14)15-8)13(17)16-6-10-2-3-11(7-16)18-10/h4-5,10-11H,2-3,6-7H2,1H3,(H2,14,15). The van der Waals surface area contributed by atoms with Crippen LogP contribution in [-0.4, -0.2) is 41.1 Å². The predicted molar refractivity (Wildman–Crippen MR) is 67.2 cm³/mol. The van der Waals surface area contributed by atoms with Gasteiger partial charge in [0.15, 0.2) is 0 Å². The van der Waals surface area contributed by atoms with Gasteiger partial charge in [0, 0.05) is 24.3 Å². The highest BCUT2D eigenvalue weighted by Crippen LogP contribution is 2.27. The minimum atomic E-state index is 0.0346. The van der Waals surface area contributed by atoms with E-state index in [0.29, 0.717) is 24.5 Å². The Kier molecular flexibility index (Phi) is 2.70. The Labute approximate surface area is 106 Å². The van der Waals surface area contributed by atoms with Crippen LogP contribution in [0.2, 0.25) is 0 Å². The number of carbonyl (C=O) groups is 1. The van der Waals surface area contributed by atoms with Crippen LogP contribution in [0.15, 0.2) is 12.1 Å². The van der Waals surface area contributed by atoms with E-state index in [-0.39, 0.29) is 18.1 Å². The van der Waals surface area contributed by atoms with E-state index < -0.39 is 0 Å². The Bertz CT molecular complexity index is 457. The number of nitrogens with zero attached hydrogens (tertiary/aromatic N) is 2. The second-order valence-electron chi connectivity index (χ2n) is 5.09. The van der Waals surface area contributed by atoms with Crippen molar-refractivity contribution in [1.82, 2.24) is 9.88 Å². The van der Waals surface area contributed by atoms with E-state index in [1.807, 2.05) is 11.8 Å². The van der Waals surface area contributed by atoms with Crippen molar-refractivity contribution in [2.45, 2.75) is 32.0 Å². The van der Waals surface area contributed by atoms with Crippen LogP contribution in [-0.2, 0) is 4.74 Å². The molecule has 0 saturated carbocycles. The molecule has 0 aliphatic carbocycles. The Hall–Kier alpha value is -1.62. The van der Waals surface area contributed by atoms with Gasteiger partial charge < -0.3 is 15.4 Å². The molecule has 1 aromatic heterocycles. The molecule has 2 atom stereocenters. The lowest BCUT2D eigenvalue weighted by Crippen LogP contribution is -2.45. The first-order valence-corrected chi connectivity index (χ1v) is 6.31. The van der Waals surface area contributed by atoms with Crippen molar-refractivity contribution < 1.29 is 9.53 Å². The summed E-state index contributed by atoms with van der Waals surface area (Å²) in [5.41, 5.74) is 7.09. The van der Waals surface area contributed by atoms with Gasteiger partial charge in [-0.1, -0.05) is 0 Å². The molecule has 18 heavy (non-hydrogen) atoms. The monoisotopic (exact) mass is 247 g/mol. The Morgan fingerprint density at radius 2 is 2.06 bits per heavy atom. The van der Waals surface area contributed by atoms with Gasteiger partial charge in [-0.15, -0.1) is 0 Å². The fourth-order valence-electron chi connectivity index (χ4n) is 2.78. The number of anilines is 1. The van der Waals surface area contributed by atoms with Crippen LogP contribution in [0.3, 0.4) is 0 Å². The largest absolute Gasteiger partial charge is 0.384 e. The van der Waals surface area contributed by atoms with Crippen molar-refractivity contribution in [2.75, 3.05) is 18.8 Å². The number of aromatic nitrogens is 1. The maximum Gasteiger partial charge on any atom is 0.254 e. The molecular formula is C13H17N3O2. The molecule has 2 fully saturated rings. The average Bonchev–Trinajstić information content (AvgIpc) is 2.66. The summed E-state index contributed by atoms with van der Waals surface area (Å²) in [4.78, 5) is 18.4. The number of carbonyl (C=O) groups excluding carboxylic acids is 1. The normalized spacial score (nSPS) is 26.4. The molecule has 2 N–H and O–H groups in total. The van der Waals surface area contributed by atoms with Crippen LogP contribution in [0.1, 0.15) is 28.9 Å². The third-order valence-corrected chi connectivity index (χ3v) is 3.55. The molecule has 96 valence electrons. The Morgan fingerprint density at radius 3 is 2.67 bits per heavy atom. The third kappa shape index (κ3) is 2.06. The summed E-state index contributed by atoms with van der Waals surface area (Å²) in [6.45, 7) is 3.23. The molecule has 5 nitrogen and oxygen atoms in total. The zero-order valence-corrected chi connectivity index (χ0v) is 10.4. The van der Waals surface area contributed by atoms with E-state index in [1.54, 1.807) is 12.1 Å². The van der Waals surface area contributed by atoms with Crippen LogP contribution >= 0.6 is 0 Å². The number of amides is 1. The van der Waals surface area contributed by atoms with E-state index in [9.17, 15) is 4.79 Å². The van der Waals surface area contributed by atoms with Crippen molar-refractivity contribution in [1.29, 1.82) is 0 Å². The third-order valence-electron chi connectivity index (χ3n) is 3.55. The van der Waals surface area contributed by atoms with Gasteiger partial charge in [-0.25, -0.2) is 4.98 Å². The molecule has 2 saturated heterocycles. The number of nitrogens with two attached hydrogens (primary N) is 1. The van der Waals surface area contributed by atoms with Crippen molar-refractivity contribution >= 4 is 11.7 Å². The highest BCUT2D eigenvalue weighted by molar-refractivity contribution is 5.95. The van der Waals surface area contributed by atoms with Gasteiger partial charge in [-0.2, -0.15) is 0 Å². The number of likely N-dealkylation sites (tertiary alicyclic amines) is 1. The highest BCUT2D eigenvalue weighted by atomic mass is 16.5. The van der Waals surface area contributed by atoms with Crippen molar-refractivity contribution in [3.05, 3.63) is 23.4 Å². The number of morpholine rings is 1. The number of ether oxygens (including phenoxy) is 1. The van der Waals surface area contributed by atoms with E-state index in [0.717, 1.165) is 18.5 Å². The number of hydrogen-bond acceptors (Lipinski definition) is 4. The van der Waals surface area contributed by atoms with Crippen LogP contribution in [0, 0.1) is 6.92 Å². The SMILES string of the molecule is Cc1cc(C(=O)N2CC3CCC(C2)O3)cc(N)n1. The fourth-order valence-corrected chi connectivity index (χ4v) is 2.78. The van der Waals surface area contributed by atoms with Crippen molar-refractivity contribution in [2.24, 2.45) is 0 Å². The van der Waals surface area contributed by atoms with Crippen LogP contribution in [0.25, 0.3) is 0 Å². The molecule has 0 aromatic carbocycles. The first kappa shape index (κ1) is 11.5. The minimum Gasteiger partial charge on any atom is -0.384 e. The fraction of sp³-hybridized carbons (Fsp3) is 0.538. The summed E-state index contributed by atoms with van der Waals surface area (Å²) in [5, 5.41) is 0. The molecule has 3 heterocycles. The molecular weight excluding hydrogens is 230 g/mol. The number of rotatable bonds is 1.